The van der Waals surface area contributed by atoms with E-state index in [1.54, 1.807) is 11.6 Å². The number of terminal acetylenes is 1. The van der Waals surface area contributed by atoms with E-state index in [2.05, 4.69) is 16.0 Å². The lowest BCUT2D eigenvalue weighted by atomic mass is 10.1. The molecule has 3 heterocycles. The number of aromatic nitrogens is 3. The standard InChI is InChI=1S/C16H16ClN3O3/c1-3-11-14-10(16(21)22-4-2)9-12(17)18-15(14)20(19-11)13-7-5-6-8-23-13/h1,9,13H,4-8H2,2H3. The number of carbonyl (C=O) groups excluding carboxylic acids is 1. The van der Waals surface area contributed by atoms with Crippen LogP contribution in [0.1, 0.15) is 48.5 Å². The summed E-state index contributed by atoms with van der Waals surface area (Å²) < 4.78 is 12.5. The minimum atomic E-state index is -0.498. The molecule has 7 heteroatoms. The molecule has 120 valence electrons. The van der Waals surface area contributed by atoms with Crippen molar-refractivity contribution < 1.29 is 14.3 Å². The Morgan fingerprint density at radius 3 is 3.09 bits per heavy atom. The van der Waals surface area contributed by atoms with Crippen LogP contribution in [0.3, 0.4) is 0 Å². The van der Waals surface area contributed by atoms with E-state index in [-0.39, 0.29) is 23.6 Å². The Hall–Kier alpha value is -2.10. The second kappa shape index (κ2) is 6.57. The van der Waals surface area contributed by atoms with Crippen molar-refractivity contribution in [3.63, 3.8) is 0 Å². The molecule has 1 saturated heterocycles. The average molecular weight is 334 g/mol. The number of carbonyl (C=O) groups is 1. The molecule has 6 nitrogen and oxygen atoms in total. The molecule has 0 saturated carbocycles. The van der Waals surface area contributed by atoms with Crippen LogP contribution >= 0.6 is 11.6 Å². The highest BCUT2D eigenvalue weighted by molar-refractivity contribution is 6.30. The topological polar surface area (TPSA) is 66.2 Å². The highest BCUT2D eigenvalue weighted by atomic mass is 35.5. The Morgan fingerprint density at radius 2 is 2.43 bits per heavy atom. The summed E-state index contributed by atoms with van der Waals surface area (Å²) in [6, 6.07) is 1.45. The molecule has 0 N–H and O–H groups in total. The van der Waals surface area contributed by atoms with Crippen LogP contribution < -0.4 is 0 Å². The zero-order chi connectivity index (χ0) is 16.4. The third-order valence-corrected chi connectivity index (χ3v) is 3.88. The lowest BCUT2D eigenvalue weighted by Crippen LogP contribution is -2.19. The van der Waals surface area contributed by atoms with Gasteiger partial charge in [0.1, 0.15) is 10.8 Å². The Labute approximate surface area is 138 Å². The van der Waals surface area contributed by atoms with Crippen molar-refractivity contribution in [2.75, 3.05) is 13.2 Å². The molecule has 2 aromatic rings. The lowest BCUT2D eigenvalue weighted by Gasteiger charge is -2.23. The van der Waals surface area contributed by atoms with E-state index in [0.717, 1.165) is 19.3 Å². The summed E-state index contributed by atoms with van der Waals surface area (Å²) in [5.41, 5.74) is 1.05. The largest absolute Gasteiger partial charge is 0.462 e. The molecule has 0 aliphatic carbocycles. The number of halogens is 1. The Morgan fingerprint density at radius 1 is 1.61 bits per heavy atom. The third-order valence-electron chi connectivity index (χ3n) is 3.69. The summed E-state index contributed by atoms with van der Waals surface area (Å²) in [7, 11) is 0. The second-order valence-electron chi connectivity index (χ2n) is 5.17. The molecule has 1 aliphatic rings. The van der Waals surface area contributed by atoms with Gasteiger partial charge in [-0.3, -0.25) is 0 Å². The fourth-order valence-corrected chi connectivity index (χ4v) is 2.88. The molecule has 2 aromatic heterocycles. The summed E-state index contributed by atoms with van der Waals surface area (Å²) in [4.78, 5) is 16.5. The van der Waals surface area contributed by atoms with Gasteiger partial charge in [0.2, 0.25) is 0 Å². The fraction of sp³-hybridized carbons (Fsp3) is 0.438. The van der Waals surface area contributed by atoms with Gasteiger partial charge in [-0.15, -0.1) is 6.42 Å². The number of esters is 1. The van der Waals surface area contributed by atoms with Gasteiger partial charge in [0.05, 0.1) is 17.6 Å². The molecule has 0 spiro atoms. The minimum Gasteiger partial charge on any atom is -0.462 e. The maximum Gasteiger partial charge on any atom is 0.339 e. The van der Waals surface area contributed by atoms with Crippen LogP contribution in [0.2, 0.25) is 5.15 Å². The van der Waals surface area contributed by atoms with Gasteiger partial charge in [0.25, 0.3) is 0 Å². The number of hydrogen-bond donors (Lipinski definition) is 0. The molecule has 3 rings (SSSR count). The first-order chi connectivity index (χ1) is 11.2. The Kier molecular flexibility index (Phi) is 4.51. The van der Waals surface area contributed by atoms with Crippen LogP contribution in [-0.2, 0) is 9.47 Å². The van der Waals surface area contributed by atoms with Crippen molar-refractivity contribution in [1.82, 2.24) is 14.8 Å². The van der Waals surface area contributed by atoms with Gasteiger partial charge >= 0.3 is 5.97 Å². The molecule has 0 aromatic carbocycles. The summed E-state index contributed by atoms with van der Waals surface area (Å²) in [6.07, 6.45) is 8.16. The van der Waals surface area contributed by atoms with Gasteiger partial charge in [0.15, 0.2) is 11.9 Å². The van der Waals surface area contributed by atoms with Crippen LogP contribution in [-0.4, -0.2) is 33.9 Å². The fourth-order valence-electron chi connectivity index (χ4n) is 2.69. The predicted octanol–water partition coefficient (Wildman–Crippen LogP) is 2.94. The van der Waals surface area contributed by atoms with Crippen molar-refractivity contribution in [2.24, 2.45) is 0 Å². The van der Waals surface area contributed by atoms with Gasteiger partial charge in [-0.2, -0.15) is 5.10 Å². The van der Waals surface area contributed by atoms with Crippen LogP contribution in [0.4, 0.5) is 0 Å². The van der Waals surface area contributed by atoms with E-state index in [1.165, 1.54) is 6.07 Å². The maximum absolute atomic E-state index is 12.2. The number of ether oxygens (including phenoxy) is 2. The first-order valence-corrected chi connectivity index (χ1v) is 7.87. The molecule has 0 radical (unpaired) electrons. The van der Waals surface area contributed by atoms with Gasteiger partial charge in [0, 0.05) is 6.61 Å². The zero-order valence-electron chi connectivity index (χ0n) is 12.7. The number of pyridine rings is 1. The Bertz CT molecular complexity index is 788. The summed E-state index contributed by atoms with van der Waals surface area (Å²) in [5, 5.41) is 5.06. The van der Waals surface area contributed by atoms with Crippen LogP contribution in [0, 0.1) is 12.3 Å². The molecular formula is C16H16ClN3O3. The minimum absolute atomic E-state index is 0.182. The van der Waals surface area contributed by atoms with E-state index < -0.39 is 5.97 Å². The van der Waals surface area contributed by atoms with Crippen molar-refractivity contribution in [3.8, 4) is 12.3 Å². The predicted molar refractivity (Wildman–Crippen MR) is 85.3 cm³/mol. The molecule has 0 bridgehead atoms. The van der Waals surface area contributed by atoms with Gasteiger partial charge in [-0.05, 0) is 38.2 Å². The van der Waals surface area contributed by atoms with E-state index in [0.29, 0.717) is 23.3 Å². The quantitative estimate of drug-likeness (QED) is 0.491. The summed E-state index contributed by atoms with van der Waals surface area (Å²) >= 11 is 6.08. The van der Waals surface area contributed by atoms with E-state index >= 15 is 0 Å². The monoisotopic (exact) mass is 333 g/mol. The van der Waals surface area contributed by atoms with E-state index in [4.69, 9.17) is 27.5 Å². The number of nitrogens with zero attached hydrogens (tertiary/aromatic N) is 3. The average Bonchev–Trinajstić information content (AvgIpc) is 2.93. The lowest BCUT2D eigenvalue weighted by molar-refractivity contribution is -0.0370. The molecule has 23 heavy (non-hydrogen) atoms. The number of rotatable bonds is 3. The first kappa shape index (κ1) is 15.8. The smallest absolute Gasteiger partial charge is 0.339 e. The molecule has 1 aliphatic heterocycles. The van der Waals surface area contributed by atoms with Crippen molar-refractivity contribution in [3.05, 3.63) is 22.5 Å². The summed E-state index contributed by atoms with van der Waals surface area (Å²) in [5.74, 6) is 2.01. The van der Waals surface area contributed by atoms with Crippen molar-refractivity contribution in [2.45, 2.75) is 32.4 Å². The molecule has 1 atom stereocenters. The van der Waals surface area contributed by atoms with E-state index in [9.17, 15) is 4.79 Å². The molecule has 0 amide bonds. The van der Waals surface area contributed by atoms with Gasteiger partial charge in [-0.1, -0.05) is 11.6 Å². The third kappa shape index (κ3) is 2.90. The Balaban J connectivity index is 2.20. The molecule has 1 fully saturated rings. The van der Waals surface area contributed by atoms with Crippen molar-refractivity contribution >= 4 is 28.6 Å². The first-order valence-electron chi connectivity index (χ1n) is 7.49. The molecular weight excluding hydrogens is 318 g/mol. The molecule has 1 unspecified atom stereocenters. The second-order valence-corrected chi connectivity index (χ2v) is 5.56. The number of fused-ring (bicyclic) bond motifs is 1. The SMILES string of the molecule is C#Cc1nn(C2CCCCO2)c2nc(Cl)cc(C(=O)OCC)c12. The number of hydrogen-bond acceptors (Lipinski definition) is 5. The highest BCUT2D eigenvalue weighted by Crippen LogP contribution is 2.30. The van der Waals surface area contributed by atoms with E-state index in [1.807, 2.05) is 0 Å². The van der Waals surface area contributed by atoms with Gasteiger partial charge < -0.3 is 9.47 Å². The van der Waals surface area contributed by atoms with Crippen LogP contribution in [0.5, 0.6) is 0 Å². The van der Waals surface area contributed by atoms with Crippen LogP contribution in [0.25, 0.3) is 11.0 Å². The summed E-state index contributed by atoms with van der Waals surface area (Å²) in [6.45, 7) is 2.65. The highest BCUT2D eigenvalue weighted by Gasteiger charge is 2.25. The van der Waals surface area contributed by atoms with Gasteiger partial charge in [-0.25, -0.2) is 14.5 Å². The van der Waals surface area contributed by atoms with Crippen LogP contribution in [0.15, 0.2) is 6.07 Å². The van der Waals surface area contributed by atoms with Crippen molar-refractivity contribution in [1.29, 1.82) is 0 Å². The zero-order valence-corrected chi connectivity index (χ0v) is 13.5. The normalized spacial score (nSPS) is 17.9. The maximum atomic E-state index is 12.2.